The average Bonchev–Trinajstić information content (AvgIpc) is 2.92. The number of aliphatic carboxylic acids is 1. The maximum absolute atomic E-state index is 12.9. The van der Waals surface area contributed by atoms with Gasteiger partial charge in [0.1, 0.15) is 5.82 Å². The fourth-order valence-corrected chi connectivity index (χ4v) is 2.83. The quantitative estimate of drug-likeness (QED) is 0.707. The molecule has 0 bridgehead atoms. The number of hydrogen-bond donors (Lipinski definition) is 3. The van der Waals surface area contributed by atoms with Crippen LogP contribution in [0.1, 0.15) is 43.6 Å². The third-order valence-electron chi connectivity index (χ3n) is 3.96. The number of carbonyl (C=O) groups is 2. The van der Waals surface area contributed by atoms with E-state index >= 15 is 0 Å². The Bertz CT molecular complexity index is 519. The molecule has 0 spiro atoms. The Morgan fingerprint density at radius 1 is 1.23 bits per heavy atom. The second-order valence-electron chi connectivity index (χ2n) is 5.66. The van der Waals surface area contributed by atoms with Gasteiger partial charge in [0.05, 0.1) is 0 Å². The number of nitrogens with one attached hydrogen (secondary N) is 2. The predicted octanol–water partition coefficient (Wildman–Crippen LogP) is 2.63. The van der Waals surface area contributed by atoms with E-state index in [4.69, 9.17) is 5.11 Å². The molecule has 1 aromatic rings. The first kappa shape index (κ1) is 16.3. The number of rotatable bonds is 6. The summed E-state index contributed by atoms with van der Waals surface area (Å²) in [6, 6.07) is 6.38. The summed E-state index contributed by atoms with van der Waals surface area (Å²) in [5.41, 5.74) is 1.10. The van der Waals surface area contributed by atoms with Gasteiger partial charge in [-0.05, 0) is 49.3 Å². The average molecular weight is 308 g/mol. The van der Waals surface area contributed by atoms with Crippen LogP contribution in [-0.4, -0.2) is 29.7 Å². The van der Waals surface area contributed by atoms with E-state index in [9.17, 15) is 14.0 Å². The molecule has 120 valence electrons. The molecule has 2 unspecified atom stereocenters. The third-order valence-corrected chi connectivity index (χ3v) is 3.96. The Morgan fingerprint density at radius 2 is 1.95 bits per heavy atom. The fraction of sp³-hybridized carbons (Fsp3) is 0.500. The van der Waals surface area contributed by atoms with Crippen molar-refractivity contribution in [3.05, 3.63) is 35.6 Å². The number of carbonyl (C=O) groups excluding carboxylic acids is 1. The zero-order valence-electron chi connectivity index (χ0n) is 12.3. The molecule has 0 aliphatic heterocycles. The fourth-order valence-electron chi connectivity index (χ4n) is 2.83. The minimum absolute atomic E-state index is 0.0519. The van der Waals surface area contributed by atoms with E-state index in [0.717, 1.165) is 24.8 Å². The SMILES string of the molecule is O=C(O)CCCNC(=O)NC1CCC(c2ccc(F)cc2)C1. The van der Waals surface area contributed by atoms with Crippen LogP contribution in [0.25, 0.3) is 0 Å². The van der Waals surface area contributed by atoms with Gasteiger partial charge in [-0.1, -0.05) is 12.1 Å². The van der Waals surface area contributed by atoms with Crippen LogP contribution in [0.3, 0.4) is 0 Å². The molecule has 0 heterocycles. The van der Waals surface area contributed by atoms with E-state index in [1.807, 2.05) is 0 Å². The number of amides is 2. The largest absolute Gasteiger partial charge is 0.481 e. The van der Waals surface area contributed by atoms with E-state index in [1.54, 1.807) is 12.1 Å². The Hall–Kier alpha value is -2.11. The first-order valence-electron chi connectivity index (χ1n) is 7.56. The Balaban J connectivity index is 1.70. The standard InChI is InChI=1S/C16H21FN2O3/c17-13-6-3-11(4-7-13)12-5-8-14(10-12)19-16(22)18-9-1-2-15(20)21/h3-4,6-7,12,14H,1-2,5,8-10H2,(H,20,21)(H2,18,19,22). The summed E-state index contributed by atoms with van der Waals surface area (Å²) in [5.74, 6) is -0.754. The van der Waals surface area contributed by atoms with Crippen molar-refractivity contribution in [2.45, 2.75) is 44.1 Å². The van der Waals surface area contributed by atoms with Gasteiger partial charge in [-0.2, -0.15) is 0 Å². The molecule has 1 aliphatic rings. The van der Waals surface area contributed by atoms with Crippen LogP contribution in [0.15, 0.2) is 24.3 Å². The predicted molar refractivity (Wildman–Crippen MR) is 80.2 cm³/mol. The molecule has 2 atom stereocenters. The lowest BCUT2D eigenvalue weighted by Gasteiger charge is -2.14. The van der Waals surface area contributed by atoms with Gasteiger partial charge in [-0.15, -0.1) is 0 Å². The first-order valence-corrected chi connectivity index (χ1v) is 7.56. The van der Waals surface area contributed by atoms with Gasteiger partial charge in [-0.3, -0.25) is 4.79 Å². The second-order valence-corrected chi connectivity index (χ2v) is 5.66. The van der Waals surface area contributed by atoms with Gasteiger partial charge in [0, 0.05) is 19.0 Å². The van der Waals surface area contributed by atoms with E-state index in [-0.39, 0.29) is 24.3 Å². The molecule has 2 rings (SSSR count). The van der Waals surface area contributed by atoms with Crippen molar-refractivity contribution < 1.29 is 19.1 Å². The van der Waals surface area contributed by atoms with E-state index < -0.39 is 5.97 Å². The van der Waals surface area contributed by atoms with Crippen molar-refractivity contribution in [1.29, 1.82) is 0 Å². The molecule has 1 fully saturated rings. The highest BCUT2D eigenvalue weighted by atomic mass is 19.1. The van der Waals surface area contributed by atoms with Gasteiger partial charge in [0.2, 0.25) is 0 Å². The van der Waals surface area contributed by atoms with Crippen molar-refractivity contribution in [2.24, 2.45) is 0 Å². The summed E-state index contributed by atoms with van der Waals surface area (Å²) in [5, 5.41) is 14.1. The number of urea groups is 1. The van der Waals surface area contributed by atoms with Crippen LogP contribution in [0, 0.1) is 5.82 Å². The van der Waals surface area contributed by atoms with Crippen molar-refractivity contribution in [1.82, 2.24) is 10.6 Å². The van der Waals surface area contributed by atoms with Crippen molar-refractivity contribution in [2.75, 3.05) is 6.54 Å². The molecule has 0 saturated heterocycles. The molecule has 1 aromatic carbocycles. The van der Waals surface area contributed by atoms with Crippen LogP contribution >= 0.6 is 0 Å². The van der Waals surface area contributed by atoms with E-state index in [2.05, 4.69) is 10.6 Å². The molecule has 1 aliphatic carbocycles. The summed E-state index contributed by atoms with van der Waals surface area (Å²) in [6.45, 7) is 0.353. The molecular formula is C16H21FN2O3. The molecule has 22 heavy (non-hydrogen) atoms. The number of halogens is 1. The van der Waals surface area contributed by atoms with Crippen LogP contribution in [0.2, 0.25) is 0 Å². The van der Waals surface area contributed by atoms with E-state index in [1.165, 1.54) is 12.1 Å². The summed E-state index contributed by atoms with van der Waals surface area (Å²) in [4.78, 5) is 22.1. The zero-order valence-corrected chi connectivity index (χ0v) is 12.3. The van der Waals surface area contributed by atoms with E-state index in [0.29, 0.717) is 18.9 Å². The van der Waals surface area contributed by atoms with Crippen LogP contribution < -0.4 is 10.6 Å². The van der Waals surface area contributed by atoms with Crippen LogP contribution in [-0.2, 0) is 4.79 Å². The topological polar surface area (TPSA) is 78.4 Å². The normalized spacial score (nSPS) is 20.6. The summed E-state index contributed by atoms with van der Waals surface area (Å²) < 4.78 is 12.9. The summed E-state index contributed by atoms with van der Waals surface area (Å²) in [6.07, 6.45) is 3.18. The van der Waals surface area contributed by atoms with Crippen LogP contribution in [0.4, 0.5) is 9.18 Å². The molecule has 3 N–H and O–H groups in total. The number of hydrogen-bond acceptors (Lipinski definition) is 2. The Kier molecular flexibility index (Phi) is 5.75. The molecule has 1 saturated carbocycles. The highest BCUT2D eigenvalue weighted by molar-refractivity contribution is 5.74. The number of benzene rings is 1. The lowest BCUT2D eigenvalue weighted by Crippen LogP contribution is -2.41. The number of carboxylic acid groups (broad SMARTS) is 1. The highest BCUT2D eigenvalue weighted by Crippen LogP contribution is 2.34. The third kappa shape index (κ3) is 5.02. The van der Waals surface area contributed by atoms with Crippen molar-refractivity contribution in [3.8, 4) is 0 Å². The van der Waals surface area contributed by atoms with Gasteiger partial charge in [-0.25, -0.2) is 9.18 Å². The first-order chi connectivity index (χ1) is 10.5. The monoisotopic (exact) mass is 308 g/mol. The second kappa shape index (κ2) is 7.77. The molecule has 0 aromatic heterocycles. The molecule has 0 radical (unpaired) electrons. The molecule has 6 heteroatoms. The maximum atomic E-state index is 12.9. The molecule has 5 nitrogen and oxygen atoms in total. The Labute approximate surface area is 128 Å². The van der Waals surface area contributed by atoms with Crippen LogP contribution in [0.5, 0.6) is 0 Å². The maximum Gasteiger partial charge on any atom is 0.315 e. The summed E-state index contributed by atoms with van der Waals surface area (Å²) >= 11 is 0. The molecule has 2 amide bonds. The summed E-state index contributed by atoms with van der Waals surface area (Å²) in [7, 11) is 0. The minimum Gasteiger partial charge on any atom is -0.481 e. The molecular weight excluding hydrogens is 287 g/mol. The zero-order chi connectivity index (χ0) is 15.9. The van der Waals surface area contributed by atoms with Gasteiger partial charge < -0.3 is 15.7 Å². The van der Waals surface area contributed by atoms with Gasteiger partial charge >= 0.3 is 12.0 Å². The van der Waals surface area contributed by atoms with Crippen molar-refractivity contribution in [3.63, 3.8) is 0 Å². The smallest absolute Gasteiger partial charge is 0.315 e. The lowest BCUT2D eigenvalue weighted by atomic mass is 9.97. The Morgan fingerprint density at radius 3 is 2.64 bits per heavy atom. The minimum atomic E-state index is -0.861. The van der Waals surface area contributed by atoms with Gasteiger partial charge in [0.25, 0.3) is 0 Å². The highest BCUT2D eigenvalue weighted by Gasteiger charge is 2.26. The lowest BCUT2D eigenvalue weighted by molar-refractivity contribution is -0.137. The number of carboxylic acids is 1. The van der Waals surface area contributed by atoms with Crippen molar-refractivity contribution >= 4 is 12.0 Å². The van der Waals surface area contributed by atoms with Gasteiger partial charge in [0.15, 0.2) is 0 Å².